The van der Waals surface area contributed by atoms with Crippen LogP contribution in [0.4, 0.5) is 5.82 Å². The smallest absolute Gasteiger partial charge is 0.141 e. The largest absolute Gasteiger partial charge is 0.367 e. The van der Waals surface area contributed by atoms with E-state index in [1.54, 1.807) is 0 Å². The summed E-state index contributed by atoms with van der Waals surface area (Å²) in [5.74, 6) is 1.23. The quantitative estimate of drug-likeness (QED) is 0.876. The SMILES string of the molecule is CCC(CC)c1nc(C#N)cc2cnc(N[C@H]3CC[C@H](N)C3)cc12. The van der Waals surface area contributed by atoms with Gasteiger partial charge < -0.3 is 11.1 Å². The van der Waals surface area contributed by atoms with Crippen molar-refractivity contribution in [2.75, 3.05) is 5.32 Å². The first-order valence-electron chi connectivity index (χ1n) is 8.87. The zero-order chi connectivity index (χ0) is 17.1. The van der Waals surface area contributed by atoms with Gasteiger partial charge in [0.25, 0.3) is 0 Å². The zero-order valence-electron chi connectivity index (χ0n) is 14.4. The third-order valence-electron chi connectivity index (χ3n) is 5.06. The van der Waals surface area contributed by atoms with Gasteiger partial charge in [-0.2, -0.15) is 5.26 Å². The first kappa shape index (κ1) is 16.7. The Labute approximate surface area is 143 Å². The van der Waals surface area contributed by atoms with Crippen molar-refractivity contribution in [3.63, 3.8) is 0 Å². The van der Waals surface area contributed by atoms with E-state index in [1.807, 2.05) is 12.3 Å². The fraction of sp³-hybridized carbons (Fsp3) is 0.526. The minimum Gasteiger partial charge on any atom is -0.367 e. The van der Waals surface area contributed by atoms with Crippen LogP contribution >= 0.6 is 0 Å². The van der Waals surface area contributed by atoms with Crippen LogP contribution in [0.5, 0.6) is 0 Å². The van der Waals surface area contributed by atoms with Crippen molar-refractivity contribution in [1.29, 1.82) is 5.26 Å². The van der Waals surface area contributed by atoms with Crippen LogP contribution in [0.1, 0.15) is 63.3 Å². The maximum atomic E-state index is 9.26. The summed E-state index contributed by atoms with van der Waals surface area (Å²) in [6.07, 6.45) is 7.01. The van der Waals surface area contributed by atoms with E-state index in [4.69, 9.17) is 5.73 Å². The van der Waals surface area contributed by atoms with Gasteiger partial charge in [0.05, 0.1) is 5.69 Å². The molecule has 0 unspecified atom stereocenters. The van der Waals surface area contributed by atoms with Crippen LogP contribution < -0.4 is 11.1 Å². The van der Waals surface area contributed by atoms with E-state index in [-0.39, 0.29) is 0 Å². The van der Waals surface area contributed by atoms with Crippen molar-refractivity contribution >= 4 is 16.6 Å². The second kappa shape index (κ2) is 7.14. The topological polar surface area (TPSA) is 87.6 Å². The third-order valence-corrected chi connectivity index (χ3v) is 5.06. The van der Waals surface area contributed by atoms with Crippen molar-refractivity contribution in [2.45, 2.75) is 64.0 Å². The molecule has 0 spiro atoms. The summed E-state index contributed by atoms with van der Waals surface area (Å²) in [7, 11) is 0. The van der Waals surface area contributed by atoms with E-state index < -0.39 is 0 Å². The molecule has 3 N–H and O–H groups in total. The minimum absolute atomic E-state index is 0.294. The second-order valence-corrected chi connectivity index (χ2v) is 6.72. The fourth-order valence-electron chi connectivity index (χ4n) is 3.65. The van der Waals surface area contributed by atoms with Gasteiger partial charge in [-0.05, 0) is 44.2 Å². The van der Waals surface area contributed by atoms with E-state index in [1.165, 1.54) is 0 Å². The Bertz CT molecular complexity index is 760. The molecule has 1 aliphatic carbocycles. The highest BCUT2D eigenvalue weighted by molar-refractivity contribution is 5.87. The summed E-state index contributed by atoms with van der Waals surface area (Å²) in [6, 6.07) is 6.77. The molecule has 0 amide bonds. The number of nitrogens with one attached hydrogen (secondary N) is 1. The number of nitrogens with two attached hydrogens (primary N) is 1. The van der Waals surface area contributed by atoms with Crippen molar-refractivity contribution < 1.29 is 0 Å². The number of aromatic nitrogens is 2. The van der Waals surface area contributed by atoms with Crippen LogP contribution in [0.3, 0.4) is 0 Å². The monoisotopic (exact) mass is 323 g/mol. The molecule has 2 heterocycles. The summed E-state index contributed by atoms with van der Waals surface area (Å²) < 4.78 is 0. The molecule has 0 radical (unpaired) electrons. The van der Waals surface area contributed by atoms with Gasteiger partial charge >= 0.3 is 0 Å². The van der Waals surface area contributed by atoms with E-state index in [0.717, 1.165) is 54.4 Å². The molecule has 5 heteroatoms. The van der Waals surface area contributed by atoms with E-state index in [0.29, 0.717) is 23.7 Å². The first-order valence-corrected chi connectivity index (χ1v) is 8.87. The normalized spacial score (nSPS) is 20.5. The molecule has 1 aliphatic rings. The first-order chi connectivity index (χ1) is 11.6. The van der Waals surface area contributed by atoms with Crippen LogP contribution in [0.2, 0.25) is 0 Å². The number of hydrogen-bond acceptors (Lipinski definition) is 5. The Kier molecular flexibility index (Phi) is 4.96. The summed E-state index contributed by atoms with van der Waals surface area (Å²) in [5, 5.41) is 14.9. The molecule has 2 atom stereocenters. The average Bonchev–Trinajstić information content (AvgIpc) is 3.00. The maximum Gasteiger partial charge on any atom is 0.141 e. The lowest BCUT2D eigenvalue weighted by atomic mass is 9.94. The molecule has 2 aromatic rings. The number of anilines is 1. The highest BCUT2D eigenvalue weighted by Crippen LogP contribution is 2.31. The Morgan fingerprint density at radius 3 is 2.75 bits per heavy atom. The van der Waals surface area contributed by atoms with Gasteiger partial charge in [-0.1, -0.05) is 13.8 Å². The number of rotatable bonds is 5. The lowest BCUT2D eigenvalue weighted by molar-refractivity contribution is 0.628. The molecule has 126 valence electrons. The molecule has 3 rings (SSSR count). The van der Waals surface area contributed by atoms with Crippen LogP contribution in [0, 0.1) is 11.3 Å². The predicted molar refractivity (Wildman–Crippen MR) is 96.8 cm³/mol. The van der Waals surface area contributed by atoms with Crippen molar-refractivity contribution in [3.05, 3.63) is 29.7 Å². The van der Waals surface area contributed by atoms with Gasteiger partial charge in [-0.3, -0.25) is 0 Å². The van der Waals surface area contributed by atoms with Crippen LogP contribution in [-0.2, 0) is 0 Å². The lowest BCUT2D eigenvalue weighted by Crippen LogP contribution is -2.21. The van der Waals surface area contributed by atoms with Gasteiger partial charge in [-0.25, -0.2) is 9.97 Å². The maximum absolute atomic E-state index is 9.26. The van der Waals surface area contributed by atoms with Gasteiger partial charge in [0.1, 0.15) is 17.6 Å². The Hall–Kier alpha value is -2.19. The molecule has 0 aromatic carbocycles. The Morgan fingerprint density at radius 2 is 2.12 bits per heavy atom. The van der Waals surface area contributed by atoms with Crippen LogP contribution in [-0.4, -0.2) is 22.1 Å². The highest BCUT2D eigenvalue weighted by atomic mass is 15.0. The van der Waals surface area contributed by atoms with Gasteiger partial charge in [0.2, 0.25) is 0 Å². The van der Waals surface area contributed by atoms with E-state index in [9.17, 15) is 5.26 Å². The standard InChI is InChI=1S/C19H25N5/c1-3-12(4-2)19-17-9-18(23-15-6-5-14(21)8-15)22-11-13(17)7-16(10-20)24-19/h7,9,11-12,14-15H,3-6,8,21H2,1-2H3,(H,22,23)/t14-,15-/m0/s1. The van der Waals surface area contributed by atoms with Crippen molar-refractivity contribution in [1.82, 2.24) is 9.97 Å². The number of nitriles is 1. The number of hydrogen-bond donors (Lipinski definition) is 2. The van der Waals surface area contributed by atoms with Crippen LogP contribution in [0.25, 0.3) is 10.8 Å². The van der Waals surface area contributed by atoms with E-state index >= 15 is 0 Å². The van der Waals surface area contributed by atoms with Gasteiger partial charge in [0, 0.05) is 35.0 Å². The molecule has 1 saturated carbocycles. The molecule has 0 saturated heterocycles. The van der Waals surface area contributed by atoms with Gasteiger partial charge in [0.15, 0.2) is 0 Å². The molecule has 2 aromatic heterocycles. The Morgan fingerprint density at radius 1 is 1.33 bits per heavy atom. The van der Waals surface area contributed by atoms with Crippen molar-refractivity contribution in [2.24, 2.45) is 5.73 Å². The summed E-state index contributed by atoms with van der Waals surface area (Å²) in [6.45, 7) is 4.34. The highest BCUT2D eigenvalue weighted by Gasteiger charge is 2.22. The Balaban J connectivity index is 2.00. The summed E-state index contributed by atoms with van der Waals surface area (Å²) in [4.78, 5) is 9.14. The fourth-order valence-corrected chi connectivity index (χ4v) is 3.65. The summed E-state index contributed by atoms with van der Waals surface area (Å²) >= 11 is 0. The second-order valence-electron chi connectivity index (χ2n) is 6.72. The zero-order valence-corrected chi connectivity index (χ0v) is 14.4. The molecule has 1 fully saturated rings. The molecule has 24 heavy (non-hydrogen) atoms. The molecular formula is C19H25N5. The van der Waals surface area contributed by atoms with Crippen LogP contribution in [0.15, 0.2) is 18.3 Å². The number of pyridine rings is 2. The van der Waals surface area contributed by atoms with E-state index in [2.05, 4.69) is 41.3 Å². The molecule has 0 aliphatic heterocycles. The number of fused-ring (bicyclic) bond motifs is 1. The predicted octanol–water partition coefficient (Wildman–Crippen LogP) is 3.70. The minimum atomic E-state index is 0.294. The van der Waals surface area contributed by atoms with Gasteiger partial charge in [-0.15, -0.1) is 0 Å². The molecule has 5 nitrogen and oxygen atoms in total. The molecule has 0 bridgehead atoms. The van der Waals surface area contributed by atoms with Crippen molar-refractivity contribution in [3.8, 4) is 6.07 Å². The molecular weight excluding hydrogens is 298 g/mol. The third kappa shape index (κ3) is 3.34. The lowest BCUT2D eigenvalue weighted by Gasteiger charge is -2.17. The summed E-state index contributed by atoms with van der Waals surface area (Å²) in [5.41, 5.74) is 7.48. The number of nitrogens with zero attached hydrogens (tertiary/aromatic N) is 3. The average molecular weight is 323 g/mol.